The zero-order valence-corrected chi connectivity index (χ0v) is 23.5. The van der Waals surface area contributed by atoms with Gasteiger partial charge >= 0.3 is 5.97 Å². The topological polar surface area (TPSA) is 40.5 Å². The van der Waals surface area contributed by atoms with Crippen molar-refractivity contribution in [1.29, 1.82) is 0 Å². The lowest BCUT2D eigenvalue weighted by molar-refractivity contribution is -0.142. The highest BCUT2D eigenvalue weighted by molar-refractivity contribution is 5.70. The van der Waals surface area contributed by atoms with E-state index in [9.17, 15) is 9.90 Å². The molecule has 0 aromatic carbocycles. The molecule has 0 saturated carbocycles. The van der Waals surface area contributed by atoms with Gasteiger partial charge in [0.1, 0.15) is 0 Å². The molecule has 0 aliphatic heterocycles. The van der Waals surface area contributed by atoms with Crippen LogP contribution in [0.3, 0.4) is 0 Å². The lowest BCUT2D eigenvalue weighted by Crippen LogP contribution is -2.27. The van der Waals surface area contributed by atoms with Gasteiger partial charge < -0.3 is 10.0 Å². The van der Waals surface area contributed by atoms with Gasteiger partial charge in [0.05, 0.1) is 5.92 Å². The van der Waals surface area contributed by atoms with Gasteiger partial charge in [-0.1, -0.05) is 135 Å². The molecule has 0 radical (unpaired) electrons. The Bertz CT molecular complexity index is 447. The number of carbonyl (C=O) groups is 1. The summed E-state index contributed by atoms with van der Waals surface area (Å²) in [5, 5.41) is 9.26. The fraction of sp³-hybridized carbons (Fsp3) is 0.903. The number of carboxylic acids is 1. The summed E-state index contributed by atoms with van der Waals surface area (Å²) < 4.78 is 0. The SMILES string of the molecule is CCCCCCCCCCCCCCCCCCCCC=CCCCCC(CN(C)C)C(=O)O. The van der Waals surface area contributed by atoms with Crippen LogP contribution in [0.5, 0.6) is 0 Å². The second kappa shape index (κ2) is 26.8. The van der Waals surface area contributed by atoms with Crippen LogP contribution >= 0.6 is 0 Å². The third kappa shape index (κ3) is 25.8. The number of nitrogens with zero attached hydrogens (tertiary/aromatic N) is 1. The average Bonchev–Trinajstić information content (AvgIpc) is 2.80. The summed E-state index contributed by atoms with van der Waals surface area (Å²) in [7, 11) is 3.89. The average molecular weight is 480 g/mol. The predicted octanol–water partition coefficient (Wildman–Crippen LogP) is 9.80. The molecule has 1 unspecified atom stereocenters. The van der Waals surface area contributed by atoms with E-state index < -0.39 is 5.97 Å². The van der Waals surface area contributed by atoms with Crippen molar-refractivity contribution < 1.29 is 9.90 Å². The molecule has 34 heavy (non-hydrogen) atoms. The normalized spacial score (nSPS) is 12.7. The molecule has 3 nitrogen and oxygen atoms in total. The third-order valence-electron chi connectivity index (χ3n) is 7.00. The molecule has 1 atom stereocenters. The van der Waals surface area contributed by atoms with Crippen LogP contribution in [-0.2, 0) is 4.79 Å². The van der Waals surface area contributed by atoms with E-state index in [0.717, 1.165) is 25.7 Å². The molecule has 202 valence electrons. The van der Waals surface area contributed by atoms with Gasteiger partial charge in [0.2, 0.25) is 0 Å². The van der Waals surface area contributed by atoms with Gasteiger partial charge in [-0.25, -0.2) is 0 Å². The molecule has 0 aromatic heterocycles. The largest absolute Gasteiger partial charge is 0.481 e. The minimum atomic E-state index is -0.654. The molecule has 0 amide bonds. The summed E-state index contributed by atoms with van der Waals surface area (Å²) in [4.78, 5) is 13.2. The number of unbranched alkanes of at least 4 members (excludes halogenated alkanes) is 20. The first-order valence-electron chi connectivity index (χ1n) is 15.1. The van der Waals surface area contributed by atoms with Gasteiger partial charge in [0, 0.05) is 6.54 Å². The van der Waals surface area contributed by atoms with Crippen molar-refractivity contribution in [2.24, 2.45) is 5.92 Å². The number of aliphatic carboxylic acids is 1. The number of hydrogen-bond acceptors (Lipinski definition) is 2. The highest BCUT2D eigenvalue weighted by atomic mass is 16.4. The molecule has 0 rings (SSSR count). The Hall–Kier alpha value is -0.830. The quantitative estimate of drug-likeness (QED) is 0.0941. The van der Waals surface area contributed by atoms with Crippen LogP contribution < -0.4 is 0 Å². The van der Waals surface area contributed by atoms with Crippen LogP contribution in [0.2, 0.25) is 0 Å². The highest BCUT2D eigenvalue weighted by Gasteiger charge is 2.17. The predicted molar refractivity (Wildman–Crippen MR) is 151 cm³/mol. The molecule has 0 saturated heterocycles. The zero-order valence-electron chi connectivity index (χ0n) is 23.5. The lowest BCUT2D eigenvalue weighted by Gasteiger charge is -2.16. The Labute approximate surface area is 214 Å². The van der Waals surface area contributed by atoms with Crippen molar-refractivity contribution in [2.45, 2.75) is 155 Å². The van der Waals surface area contributed by atoms with E-state index in [-0.39, 0.29) is 5.92 Å². The van der Waals surface area contributed by atoms with E-state index in [0.29, 0.717) is 6.54 Å². The highest BCUT2D eigenvalue weighted by Crippen LogP contribution is 2.15. The molecule has 0 aliphatic carbocycles. The molecule has 0 aliphatic rings. The molecule has 0 heterocycles. The molecule has 0 bridgehead atoms. The Morgan fingerprint density at radius 3 is 1.32 bits per heavy atom. The minimum absolute atomic E-state index is 0.223. The van der Waals surface area contributed by atoms with Gasteiger partial charge in [-0.05, 0) is 46.2 Å². The zero-order chi connectivity index (χ0) is 25.1. The van der Waals surface area contributed by atoms with Gasteiger partial charge in [-0.3, -0.25) is 4.79 Å². The Kier molecular flexibility index (Phi) is 26.1. The molecule has 3 heteroatoms. The maximum absolute atomic E-state index is 11.3. The van der Waals surface area contributed by atoms with Crippen LogP contribution in [-0.4, -0.2) is 36.6 Å². The first kappa shape index (κ1) is 33.2. The first-order chi connectivity index (χ1) is 16.6. The van der Waals surface area contributed by atoms with Gasteiger partial charge in [0.15, 0.2) is 0 Å². The number of allylic oxidation sites excluding steroid dienone is 2. The number of hydrogen-bond donors (Lipinski definition) is 1. The van der Waals surface area contributed by atoms with E-state index in [1.54, 1.807) is 0 Å². The number of rotatable bonds is 27. The van der Waals surface area contributed by atoms with Crippen LogP contribution in [0.15, 0.2) is 12.2 Å². The molecule has 1 N–H and O–H groups in total. The minimum Gasteiger partial charge on any atom is -0.481 e. The molecular weight excluding hydrogens is 418 g/mol. The van der Waals surface area contributed by atoms with E-state index >= 15 is 0 Å². The van der Waals surface area contributed by atoms with Crippen molar-refractivity contribution >= 4 is 5.97 Å². The summed E-state index contributed by atoms with van der Waals surface area (Å²) in [6, 6.07) is 0. The number of carboxylic acid groups (broad SMARTS) is 1. The Morgan fingerprint density at radius 1 is 0.618 bits per heavy atom. The van der Waals surface area contributed by atoms with Crippen molar-refractivity contribution in [3.63, 3.8) is 0 Å². The molecular formula is C31H61NO2. The monoisotopic (exact) mass is 479 g/mol. The lowest BCUT2D eigenvalue weighted by atomic mass is 10.0. The van der Waals surface area contributed by atoms with E-state index in [2.05, 4.69) is 19.1 Å². The fourth-order valence-corrected chi connectivity index (χ4v) is 4.79. The van der Waals surface area contributed by atoms with Crippen molar-refractivity contribution in [3.8, 4) is 0 Å². The van der Waals surface area contributed by atoms with E-state index in [1.807, 2.05) is 19.0 Å². The van der Waals surface area contributed by atoms with Crippen LogP contribution in [0.4, 0.5) is 0 Å². The molecule has 0 aromatic rings. The molecule has 0 fully saturated rings. The van der Waals surface area contributed by atoms with Crippen LogP contribution in [0.1, 0.15) is 155 Å². The second-order valence-electron chi connectivity index (χ2n) is 10.9. The van der Waals surface area contributed by atoms with Gasteiger partial charge in [-0.15, -0.1) is 0 Å². The fourth-order valence-electron chi connectivity index (χ4n) is 4.79. The van der Waals surface area contributed by atoms with Gasteiger partial charge in [-0.2, -0.15) is 0 Å². The van der Waals surface area contributed by atoms with Crippen molar-refractivity contribution in [2.75, 3.05) is 20.6 Å². The maximum Gasteiger partial charge on any atom is 0.307 e. The summed E-state index contributed by atoms with van der Waals surface area (Å²) in [6.07, 6.45) is 35.6. The van der Waals surface area contributed by atoms with Gasteiger partial charge in [0.25, 0.3) is 0 Å². The van der Waals surface area contributed by atoms with Crippen molar-refractivity contribution in [3.05, 3.63) is 12.2 Å². The standard InChI is InChI=1S/C31H61NO2/c1-4-5-6-7-8-9-10-11-12-13-14-15-16-17-18-19-20-21-22-23-24-25-26-27-28-30(31(33)34)29-32(2)3/h23-24,30H,4-22,25-29H2,1-3H3,(H,33,34). The maximum atomic E-state index is 11.3. The summed E-state index contributed by atoms with van der Waals surface area (Å²) in [5.74, 6) is -0.878. The Morgan fingerprint density at radius 2 is 0.971 bits per heavy atom. The summed E-state index contributed by atoms with van der Waals surface area (Å²) in [6.45, 7) is 2.94. The van der Waals surface area contributed by atoms with Crippen LogP contribution in [0, 0.1) is 5.92 Å². The van der Waals surface area contributed by atoms with Crippen molar-refractivity contribution in [1.82, 2.24) is 4.90 Å². The van der Waals surface area contributed by atoms with E-state index in [1.165, 1.54) is 122 Å². The van der Waals surface area contributed by atoms with E-state index in [4.69, 9.17) is 0 Å². The first-order valence-corrected chi connectivity index (χ1v) is 15.1. The second-order valence-corrected chi connectivity index (χ2v) is 10.9. The third-order valence-corrected chi connectivity index (χ3v) is 7.00. The smallest absolute Gasteiger partial charge is 0.307 e. The summed E-state index contributed by atoms with van der Waals surface area (Å²) >= 11 is 0. The van der Waals surface area contributed by atoms with Crippen LogP contribution in [0.25, 0.3) is 0 Å². The Balaban J connectivity index is 3.25. The summed E-state index contributed by atoms with van der Waals surface area (Å²) in [5.41, 5.74) is 0. The molecule has 0 spiro atoms.